The fraction of sp³-hybridized carbons (Fsp3) is 0.174. The lowest BCUT2D eigenvalue weighted by atomic mass is 9.93. The zero-order valence-electron chi connectivity index (χ0n) is 16.7. The number of halogens is 2. The number of furan rings is 1. The molecule has 2 aromatic carbocycles. The van der Waals surface area contributed by atoms with Gasteiger partial charge in [-0.25, -0.2) is 9.82 Å². The smallest absolute Gasteiger partial charge is 0.291 e. The molecule has 1 aliphatic rings. The van der Waals surface area contributed by atoms with Gasteiger partial charge in [-0.05, 0) is 68.3 Å². The molecular weight excluding hydrogens is 421 g/mol. The summed E-state index contributed by atoms with van der Waals surface area (Å²) < 4.78 is 18.9. The van der Waals surface area contributed by atoms with E-state index in [4.69, 9.17) is 16.0 Å². The maximum absolute atomic E-state index is 13.1. The van der Waals surface area contributed by atoms with Crippen molar-refractivity contribution in [1.29, 1.82) is 0 Å². The molecule has 0 spiro atoms. The molecule has 8 heteroatoms. The summed E-state index contributed by atoms with van der Waals surface area (Å²) in [6, 6.07) is 12.0. The fourth-order valence-corrected chi connectivity index (χ4v) is 3.63. The zero-order valence-corrected chi connectivity index (χ0v) is 17.4. The SMILES string of the molecule is Cc1c(C(=O)Nc2ccc(Cl)cc2)oc2c1/C(=N/NC(=O)c1ccc(F)cc1)CCC2. The van der Waals surface area contributed by atoms with Gasteiger partial charge in [-0.15, -0.1) is 0 Å². The third kappa shape index (κ3) is 4.51. The molecule has 1 aromatic heterocycles. The number of carbonyl (C=O) groups excluding carboxylic acids is 2. The molecule has 4 rings (SSSR count). The standard InChI is InChI=1S/C23H19ClFN3O3/c1-13-20-18(27-28-22(29)14-5-9-16(25)10-6-14)3-2-4-19(20)31-21(13)23(30)26-17-11-7-15(24)8-12-17/h5-12H,2-4H2,1H3,(H,26,30)(H,28,29)/b27-18+. The third-order valence-corrected chi connectivity index (χ3v) is 5.28. The summed E-state index contributed by atoms with van der Waals surface area (Å²) >= 11 is 5.88. The van der Waals surface area contributed by atoms with Gasteiger partial charge in [0, 0.05) is 33.8 Å². The van der Waals surface area contributed by atoms with E-state index in [1.54, 1.807) is 31.2 Å². The van der Waals surface area contributed by atoms with Crippen LogP contribution in [0.2, 0.25) is 5.02 Å². The third-order valence-electron chi connectivity index (χ3n) is 5.03. The number of nitrogens with zero attached hydrogens (tertiary/aromatic N) is 1. The van der Waals surface area contributed by atoms with E-state index in [0.717, 1.165) is 12.0 Å². The van der Waals surface area contributed by atoms with Crippen LogP contribution in [0.5, 0.6) is 0 Å². The molecule has 1 heterocycles. The van der Waals surface area contributed by atoms with Gasteiger partial charge in [0.25, 0.3) is 11.8 Å². The van der Waals surface area contributed by atoms with Crippen molar-refractivity contribution in [1.82, 2.24) is 5.43 Å². The van der Waals surface area contributed by atoms with Crippen molar-refractivity contribution in [3.05, 3.63) is 87.6 Å². The minimum absolute atomic E-state index is 0.208. The van der Waals surface area contributed by atoms with Gasteiger partial charge in [0.1, 0.15) is 11.6 Å². The Labute approximate surface area is 183 Å². The summed E-state index contributed by atoms with van der Waals surface area (Å²) in [6.45, 7) is 1.79. The van der Waals surface area contributed by atoms with Gasteiger partial charge in [-0.1, -0.05) is 11.6 Å². The molecule has 0 fully saturated rings. The quantitative estimate of drug-likeness (QED) is 0.554. The van der Waals surface area contributed by atoms with Crippen LogP contribution in [-0.2, 0) is 6.42 Å². The van der Waals surface area contributed by atoms with Gasteiger partial charge < -0.3 is 9.73 Å². The second kappa shape index (κ2) is 8.73. The topological polar surface area (TPSA) is 83.7 Å². The molecule has 158 valence electrons. The minimum Gasteiger partial charge on any atom is -0.455 e. The Morgan fingerprint density at radius 1 is 1.03 bits per heavy atom. The molecule has 3 aromatic rings. The zero-order chi connectivity index (χ0) is 22.0. The van der Waals surface area contributed by atoms with Crippen molar-refractivity contribution in [3.63, 3.8) is 0 Å². The Balaban J connectivity index is 1.55. The van der Waals surface area contributed by atoms with Gasteiger partial charge in [0.2, 0.25) is 0 Å². The van der Waals surface area contributed by atoms with Gasteiger partial charge in [0.15, 0.2) is 5.76 Å². The average molecular weight is 440 g/mol. The lowest BCUT2D eigenvalue weighted by Gasteiger charge is -2.13. The molecule has 0 aliphatic heterocycles. The van der Waals surface area contributed by atoms with E-state index in [1.165, 1.54) is 24.3 Å². The van der Waals surface area contributed by atoms with Gasteiger partial charge in [-0.2, -0.15) is 5.10 Å². The normalized spacial score (nSPS) is 14.2. The second-order valence-electron chi connectivity index (χ2n) is 7.18. The van der Waals surface area contributed by atoms with E-state index < -0.39 is 11.7 Å². The molecule has 0 radical (unpaired) electrons. The summed E-state index contributed by atoms with van der Waals surface area (Å²) in [5, 5.41) is 7.64. The van der Waals surface area contributed by atoms with E-state index in [2.05, 4.69) is 15.8 Å². The summed E-state index contributed by atoms with van der Waals surface area (Å²) in [5.41, 5.74) is 5.46. The van der Waals surface area contributed by atoms with Crippen molar-refractivity contribution in [3.8, 4) is 0 Å². The number of fused-ring (bicyclic) bond motifs is 1. The van der Waals surface area contributed by atoms with Crippen LogP contribution < -0.4 is 10.7 Å². The number of nitrogens with one attached hydrogen (secondary N) is 2. The highest BCUT2D eigenvalue weighted by atomic mass is 35.5. The molecule has 0 unspecified atom stereocenters. The number of rotatable bonds is 4. The Hall–Kier alpha value is -3.45. The van der Waals surface area contributed by atoms with Crippen molar-refractivity contribution in [2.75, 3.05) is 5.32 Å². The molecule has 6 nitrogen and oxygen atoms in total. The van der Waals surface area contributed by atoms with Crippen LogP contribution in [0.4, 0.5) is 10.1 Å². The van der Waals surface area contributed by atoms with E-state index >= 15 is 0 Å². The molecule has 1 aliphatic carbocycles. The van der Waals surface area contributed by atoms with Gasteiger partial charge in [0.05, 0.1) is 5.71 Å². The summed E-state index contributed by atoms with van der Waals surface area (Å²) in [4.78, 5) is 25.0. The summed E-state index contributed by atoms with van der Waals surface area (Å²) in [7, 11) is 0. The minimum atomic E-state index is -0.443. The first kappa shape index (κ1) is 20.8. The Morgan fingerprint density at radius 3 is 2.45 bits per heavy atom. The number of hydrogen-bond donors (Lipinski definition) is 2. The van der Waals surface area contributed by atoms with Crippen LogP contribution in [0, 0.1) is 12.7 Å². The van der Waals surface area contributed by atoms with Gasteiger partial charge in [-0.3, -0.25) is 9.59 Å². The largest absolute Gasteiger partial charge is 0.455 e. The highest BCUT2D eigenvalue weighted by Crippen LogP contribution is 2.30. The lowest BCUT2D eigenvalue weighted by Crippen LogP contribution is -2.22. The Morgan fingerprint density at radius 2 is 1.74 bits per heavy atom. The number of amides is 2. The molecular formula is C23H19ClFN3O3. The molecule has 0 saturated carbocycles. The van der Waals surface area contributed by atoms with Crippen molar-refractivity contribution in [2.24, 2.45) is 5.10 Å². The van der Waals surface area contributed by atoms with E-state index in [-0.39, 0.29) is 11.7 Å². The monoisotopic (exact) mass is 439 g/mol. The summed E-state index contributed by atoms with van der Waals surface area (Å²) in [6.07, 6.45) is 2.09. The predicted molar refractivity (Wildman–Crippen MR) is 116 cm³/mol. The molecule has 0 saturated heterocycles. The van der Waals surface area contributed by atoms with Crippen LogP contribution in [0.1, 0.15) is 50.6 Å². The van der Waals surface area contributed by atoms with E-state index in [0.29, 0.717) is 46.2 Å². The van der Waals surface area contributed by atoms with Crippen molar-refractivity contribution in [2.45, 2.75) is 26.2 Å². The highest BCUT2D eigenvalue weighted by Gasteiger charge is 2.28. The predicted octanol–water partition coefficient (Wildman–Crippen LogP) is 5.10. The first-order chi connectivity index (χ1) is 14.9. The maximum Gasteiger partial charge on any atom is 0.291 e. The molecule has 2 N–H and O–H groups in total. The molecule has 0 atom stereocenters. The Kier molecular flexibility index (Phi) is 5.86. The van der Waals surface area contributed by atoms with Crippen LogP contribution in [0.3, 0.4) is 0 Å². The van der Waals surface area contributed by atoms with Crippen molar-refractivity contribution >= 4 is 34.8 Å². The van der Waals surface area contributed by atoms with Crippen LogP contribution >= 0.6 is 11.6 Å². The van der Waals surface area contributed by atoms with Crippen LogP contribution in [0.25, 0.3) is 0 Å². The maximum atomic E-state index is 13.1. The molecule has 2 amide bonds. The first-order valence-electron chi connectivity index (χ1n) is 9.74. The summed E-state index contributed by atoms with van der Waals surface area (Å²) in [5.74, 6) is -0.359. The van der Waals surface area contributed by atoms with E-state index in [1.807, 2.05) is 0 Å². The number of carbonyl (C=O) groups is 2. The van der Waals surface area contributed by atoms with Crippen LogP contribution in [0.15, 0.2) is 58.0 Å². The number of hydrazone groups is 1. The van der Waals surface area contributed by atoms with E-state index in [9.17, 15) is 14.0 Å². The Bertz CT molecular complexity index is 1170. The number of aryl methyl sites for hydroxylation is 1. The number of anilines is 1. The number of benzene rings is 2. The first-order valence-corrected chi connectivity index (χ1v) is 10.1. The van der Waals surface area contributed by atoms with Crippen LogP contribution in [-0.4, -0.2) is 17.5 Å². The van der Waals surface area contributed by atoms with Crippen molar-refractivity contribution < 1.29 is 18.4 Å². The van der Waals surface area contributed by atoms with Gasteiger partial charge >= 0.3 is 0 Å². The molecule has 0 bridgehead atoms. The highest BCUT2D eigenvalue weighted by molar-refractivity contribution is 6.30. The molecule has 31 heavy (non-hydrogen) atoms. The fourth-order valence-electron chi connectivity index (χ4n) is 3.50. The number of hydrogen-bond acceptors (Lipinski definition) is 4. The lowest BCUT2D eigenvalue weighted by molar-refractivity contribution is 0.0953. The second-order valence-corrected chi connectivity index (χ2v) is 7.61. The average Bonchev–Trinajstić information content (AvgIpc) is 3.11.